The highest BCUT2D eigenvalue weighted by atomic mass is 32.2. The molecule has 1 heterocycles. The van der Waals surface area contributed by atoms with Crippen LogP contribution in [0.5, 0.6) is 0 Å². The molecule has 6 heteroatoms. The Kier molecular flexibility index (Phi) is 6.92. The number of carbonyl (C=O) groups is 1. The second kappa shape index (κ2) is 8.95. The lowest BCUT2D eigenvalue weighted by molar-refractivity contribution is 0.0295. The highest BCUT2D eigenvalue weighted by Gasteiger charge is 2.16. The molecule has 4 nitrogen and oxygen atoms in total. The van der Waals surface area contributed by atoms with E-state index in [4.69, 9.17) is 9.84 Å². The maximum absolute atomic E-state index is 12.3. The molecule has 1 aromatic carbocycles. The van der Waals surface area contributed by atoms with Gasteiger partial charge in [0, 0.05) is 16.3 Å². The van der Waals surface area contributed by atoms with E-state index in [0.717, 1.165) is 9.77 Å². The normalized spacial score (nSPS) is 12.1. The second-order valence-electron chi connectivity index (χ2n) is 4.51. The zero-order chi connectivity index (χ0) is 15.8. The average Bonchev–Trinajstić information content (AvgIpc) is 3.09. The van der Waals surface area contributed by atoms with Gasteiger partial charge < -0.3 is 15.2 Å². The Hall–Kier alpha value is -1.34. The van der Waals surface area contributed by atoms with E-state index in [-0.39, 0.29) is 25.2 Å². The highest BCUT2D eigenvalue weighted by Crippen LogP contribution is 2.23. The van der Waals surface area contributed by atoms with Gasteiger partial charge in [-0.3, -0.25) is 4.79 Å². The van der Waals surface area contributed by atoms with E-state index in [0.29, 0.717) is 12.1 Å². The van der Waals surface area contributed by atoms with Crippen molar-refractivity contribution in [3.05, 3.63) is 52.2 Å². The summed E-state index contributed by atoms with van der Waals surface area (Å²) in [7, 11) is 0. The minimum absolute atomic E-state index is 0.0366. The third-order valence-corrected chi connectivity index (χ3v) is 4.83. The van der Waals surface area contributed by atoms with Gasteiger partial charge in [-0.25, -0.2) is 0 Å². The van der Waals surface area contributed by atoms with Gasteiger partial charge in [0.05, 0.1) is 18.8 Å². The van der Waals surface area contributed by atoms with Crippen molar-refractivity contribution < 1.29 is 14.6 Å². The summed E-state index contributed by atoms with van der Waals surface area (Å²) in [6.45, 7) is 0.590. The Morgan fingerprint density at radius 3 is 2.86 bits per heavy atom. The van der Waals surface area contributed by atoms with Crippen molar-refractivity contribution in [3.8, 4) is 0 Å². The number of benzene rings is 1. The van der Waals surface area contributed by atoms with Crippen LogP contribution < -0.4 is 5.32 Å². The van der Waals surface area contributed by atoms with Crippen LogP contribution in [0.1, 0.15) is 21.3 Å². The van der Waals surface area contributed by atoms with Gasteiger partial charge >= 0.3 is 0 Å². The van der Waals surface area contributed by atoms with E-state index < -0.39 is 0 Å². The third kappa shape index (κ3) is 4.58. The molecule has 1 unspecified atom stereocenters. The van der Waals surface area contributed by atoms with Gasteiger partial charge in [-0.2, -0.15) is 0 Å². The van der Waals surface area contributed by atoms with Gasteiger partial charge in [0.2, 0.25) is 0 Å². The first-order chi connectivity index (χ1) is 10.8. The monoisotopic (exact) mass is 337 g/mol. The molecule has 118 valence electrons. The zero-order valence-electron chi connectivity index (χ0n) is 12.3. The number of ether oxygens (including phenoxy) is 1. The van der Waals surface area contributed by atoms with Gasteiger partial charge in [-0.05, 0) is 29.8 Å². The highest BCUT2D eigenvalue weighted by molar-refractivity contribution is 7.98. The fraction of sp³-hybridized carbons (Fsp3) is 0.312. The summed E-state index contributed by atoms with van der Waals surface area (Å²) in [5, 5.41) is 13.8. The number of hydrogen-bond acceptors (Lipinski definition) is 5. The summed E-state index contributed by atoms with van der Waals surface area (Å²) >= 11 is 3.12. The largest absolute Gasteiger partial charge is 0.394 e. The number of amides is 1. The maximum Gasteiger partial charge on any atom is 0.252 e. The lowest BCUT2D eigenvalue weighted by atomic mass is 10.2. The number of nitrogens with one attached hydrogen (secondary N) is 1. The van der Waals surface area contributed by atoms with Crippen molar-refractivity contribution in [2.45, 2.75) is 11.0 Å². The predicted molar refractivity (Wildman–Crippen MR) is 90.7 cm³/mol. The number of thiophene rings is 1. The molecule has 0 spiro atoms. The Morgan fingerprint density at radius 2 is 2.18 bits per heavy atom. The van der Waals surface area contributed by atoms with Crippen LogP contribution in [0.2, 0.25) is 0 Å². The van der Waals surface area contributed by atoms with Crippen molar-refractivity contribution in [3.63, 3.8) is 0 Å². The minimum Gasteiger partial charge on any atom is -0.394 e. The van der Waals surface area contributed by atoms with Gasteiger partial charge in [0.15, 0.2) is 0 Å². The molecule has 0 saturated carbocycles. The average molecular weight is 337 g/mol. The van der Waals surface area contributed by atoms with E-state index in [9.17, 15) is 4.79 Å². The Morgan fingerprint density at radius 1 is 1.36 bits per heavy atom. The predicted octanol–water partition coefficient (Wildman–Crippen LogP) is 2.95. The topological polar surface area (TPSA) is 58.6 Å². The van der Waals surface area contributed by atoms with Crippen LogP contribution in [-0.4, -0.2) is 37.0 Å². The fourth-order valence-corrected chi connectivity index (χ4v) is 3.39. The first-order valence-electron chi connectivity index (χ1n) is 6.93. The Balaban J connectivity index is 2.01. The summed E-state index contributed by atoms with van der Waals surface area (Å²) in [4.78, 5) is 14.3. The SMILES string of the molecule is CSc1ccccc1C(=O)NCC(OCCO)c1cccs1. The number of aliphatic hydroxyl groups is 1. The fourth-order valence-electron chi connectivity index (χ4n) is 2.02. The van der Waals surface area contributed by atoms with Crippen LogP contribution in [-0.2, 0) is 4.74 Å². The Labute approximate surface area is 138 Å². The van der Waals surface area contributed by atoms with Crippen LogP contribution in [0.4, 0.5) is 0 Å². The standard InChI is InChI=1S/C16H19NO3S2/c1-21-14-6-3-2-5-12(14)16(19)17-11-13(20-9-8-18)15-7-4-10-22-15/h2-7,10,13,18H,8-9,11H2,1H3,(H,17,19). The lowest BCUT2D eigenvalue weighted by Gasteiger charge is -2.17. The van der Waals surface area contributed by atoms with E-state index in [2.05, 4.69) is 5.32 Å². The van der Waals surface area contributed by atoms with Gasteiger partial charge in [-0.1, -0.05) is 18.2 Å². The molecule has 22 heavy (non-hydrogen) atoms. The van der Waals surface area contributed by atoms with Crippen LogP contribution in [0, 0.1) is 0 Å². The summed E-state index contributed by atoms with van der Waals surface area (Å²) in [6, 6.07) is 11.4. The summed E-state index contributed by atoms with van der Waals surface area (Å²) < 4.78 is 5.62. The Bertz CT molecular complexity index is 587. The van der Waals surface area contributed by atoms with Crippen LogP contribution in [0.15, 0.2) is 46.7 Å². The number of carbonyl (C=O) groups excluding carboxylic acids is 1. The number of aliphatic hydroxyl groups excluding tert-OH is 1. The van der Waals surface area contributed by atoms with Crippen LogP contribution in [0.25, 0.3) is 0 Å². The summed E-state index contributed by atoms with van der Waals surface area (Å²) in [6.07, 6.45) is 1.71. The number of hydrogen-bond donors (Lipinski definition) is 2. The quantitative estimate of drug-likeness (QED) is 0.727. The van der Waals surface area contributed by atoms with E-state index >= 15 is 0 Å². The maximum atomic E-state index is 12.3. The molecule has 0 radical (unpaired) electrons. The molecule has 0 fully saturated rings. The molecule has 0 bridgehead atoms. The molecular weight excluding hydrogens is 318 g/mol. The molecule has 0 aliphatic carbocycles. The summed E-state index contributed by atoms with van der Waals surface area (Å²) in [5.74, 6) is -0.112. The molecule has 1 amide bonds. The number of thioether (sulfide) groups is 1. The second-order valence-corrected chi connectivity index (χ2v) is 6.34. The molecule has 0 aliphatic rings. The molecule has 1 atom stereocenters. The molecule has 2 rings (SSSR count). The molecule has 1 aromatic heterocycles. The van der Waals surface area contributed by atoms with E-state index in [1.54, 1.807) is 23.1 Å². The van der Waals surface area contributed by atoms with Crippen molar-refractivity contribution in [1.82, 2.24) is 5.32 Å². The molecule has 2 aromatic rings. The van der Waals surface area contributed by atoms with Crippen molar-refractivity contribution in [2.75, 3.05) is 26.0 Å². The molecule has 0 saturated heterocycles. The number of rotatable bonds is 8. The molecule has 2 N–H and O–H groups in total. The minimum atomic E-state index is -0.238. The molecule has 0 aliphatic heterocycles. The lowest BCUT2D eigenvalue weighted by Crippen LogP contribution is -2.30. The van der Waals surface area contributed by atoms with Crippen LogP contribution >= 0.6 is 23.1 Å². The van der Waals surface area contributed by atoms with Gasteiger partial charge in [0.1, 0.15) is 6.10 Å². The van der Waals surface area contributed by atoms with Crippen LogP contribution in [0.3, 0.4) is 0 Å². The zero-order valence-corrected chi connectivity index (χ0v) is 14.0. The summed E-state index contributed by atoms with van der Waals surface area (Å²) in [5.41, 5.74) is 0.669. The first kappa shape index (κ1) is 17.0. The van der Waals surface area contributed by atoms with Crippen molar-refractivity contribution >= 4 is 29.0 Å². The molecular formula is C16H19NO3S2. The van der Waals surface area contributed by atoms with Gasteiger partial charge in [-0.15, -0.1) is 23.1 Å². The van der Waals surface area contributed by atoms with E-state index in [1.165, 1.54) is 0 Å². The van der Waals surface area contributed by atoms with Crippen molar-refractivity contribution in [2.24, 2.45) is 0 Å². The van der Waals surface area contributed by atoms with E-state index in [1.807, 2.05) is 48.0 Å². The van der Waals surface area contributed by atoms with Crippen molar-refractivity contribution in [1.29, 1.82) is 0 Å². The third-order valence-electron chi connectivity index (χ3n) is 3.07. The first-order valence-corrected chi connectivity index (χ1v) is 9.03. The van der Waals surface area contributed by atoms with Gasteiger partial charge in [0.25, 0.3) is 5.91 Å². The smallest absolute Gasteiger partial charge is 0.252 e.